The SMILES string of the molecule is CCCNC(CN1CCCOC(C)C1)(C(N)=O)C1CC1. The van der Waals surface area contributed by atoms with Crippen LogP contribution in [0.2, 0.25) is 0 Å². The van der Waals surface area contributed by atoms with Gasteiger partial charge < -0.3 is 15.8 Å². The van der Waals surface area contributed by atoms with Crippen LogP contribution in [0.1, 0.15) is 39.5 Å². The number of carbonyl (C=O) groups is 1. The van der Waals surface area contributed by atoms with Gasteiger partial charge in [0.2, 0.25) is 5.91 Å². The minimum atomic E-state index is -0.542. The number of hydrogen-bond donors (Lipinski definition) is 2. The van der Waals surface area contributed by atoms with Crippen molar-refractivity contribution in [2.24, 2.45) is 11.7 Å². The third-order valence-electron chi connectivity index (χ3n) is 4.41. The van der Waals surface area contributed by atoms with Crippen LogP contribution in [-0.2, 0) is 9.53 Å². The molecule has 116 valence electrons. The first kappa shape index (κ1) is 15.7. The molecule has 1 amide bonds. The largest absolute Gasteiger partial charge is 0.377 e. The summed E-state index contributed by atoms with van der Waals surface area (Å²) in [5.74, 6) is 0.220. The van der Waals surface area contributed by atoms with Gasteiger partial charge in [-0.15, -0.1) is 0 Å². The van der Waals surface area contributed by atoms with Crippen LogP contribution in [0.25, 0.3) is 0 Å². The number of nitrogens with two attached hydrogens (primary N) is 1. The van der Waals surface area contributed by atoms with E-state index in [0.717, 1.165) is 58.5 Å². The van der Waals surface area contributed by atoms with E-state index in [-0.39, 0.29) is 12.0 Å². The summed E-state index contributed by atoms with van der Waals surface area (Å²) < 4.78 is 5.69. The van der Waals surface area contributed by atoms with Crippen LogP contribution in [0, 0.1) is 5.92 Å². The van der Waals surface area contributed by atoms with Crippen LogP contribution in [0.3, 0.4) is 0 Å². The van der Waals surface area contributed by atoms with Crippen molar-refractivity contribution in [3.05, 3.63) is 0 Å². The fourth-order valence-corrected chi connectivity index (χ4v) is 3.20. The minimum Gasteiger partial charge on any atom is -0.377 e. The van der Waals surface area contributed by atoms with Gasteiger partial charge in [0, 0.05) is 26.2 Å². The van der Waals surface area contributed by atoms with Crippen LogP contribution in [0.15, 0.2) is 0 Å². The first-order chi connectivity index (χ1) is 9.58. The van der Waals surface area contributed by atoms with Crippen LogP contribution in [-0.4, -0.2) is 55.2 Å². The molecule has 5 heteroatoms. The van der Waals surface area contributed by atoms with Crippen molar-refractivity contribution in [3.63, 3.8) is 0 Å². The molecule has 2 aliphatic rings. The van der Waals surface area contributed by atoms with Crippen molar-refractivity contribution >= 4 is 5.91 Å². The van der Waals surface area contributed by atoms with Crippen molar-refractivity contribution in [1.82, 2.24) is 10.2 Å². The van der Waals surface area contributed by atoms with Gasteiger partial charge in [0.25, 0.3) is 0 Å². The Hall–Kier alpha value is -0.650. The van der Waals surface area contributed by atoms with Crippen molar-refractivity contribution < 1.29 is 9.53 Å². The summed E-state index contributed by atoms with van der Waals surface area (Å²) in [7, 11) is 0. The van der Waals surface area contributed by atoms with Crippen molar-refractivity contribution in [1.29, 1.82) is 0 Å². The second-order valence-electron chi connectivity index (χ2n) is 6.31. The zero-order chi connectivity index (χ0) is 14.6. The lowest BCUT2D eigenvalue weighted by atomic mass is 9.90. The number of nitrogens with zero attached hydrogens (tertiary/aromatic N) is 1. The maximum atomic E-state index is 12.2. The Morgan fingerprint density at radius 3 is 2.85 bits per heavy atom. The summed E-state index contributed by atoms with van der Waals surface area (Å²) in [5.41, 5.74) is 5.24. The lowest BCUT2D eigenvalue weighted by Crippen LogP contribution is -2.63. The van der Waals surface area contributed by atoms with Crippen molar-refractivity contribution in [2.75, 3.05) is 32.8 Å². The molecule has 5 nitrogen and oxygen atoms in total. The molecule has 1 aliphatic carbocycles. The molecule has 2 rings (SSSR count). The molecule has 2 unspecified atom stereocenters. The average molecular weight is 283 g/mol. The fourth-order valence-electron chi connectivity index (χ4n) is 3.20. The first-order valence-electron chi connectivity index (χ1n) is 7.97. The van der Waals surface area contributed by atoms with Crippen molar-refractivity contribution in [2.45, 2.75) is 51.2 Å². The van der Waals surface area contributed by atoms with E-state index >= 15 is 0 Å². The van der Waals surface area contributed by atoms with E-state index in [0.29, 0.717) is 5.92 Å². The lowest BCUT2D eigenvalue weighted by molar-refractivity contribution is -0.126. The third-order valence-corrected chi connectivity index (χ3v) is 4.41. The third kappa shape index (κ3) is 3.71. The van der Waals surface area contributed by atoms with E-state index in [2.05, 4.69) is 24.1 Å². The van der Waals surface area contributed by atoms with Gasteiger partial charge in [-0.05, 0) is 45.1 Å². The molecular formula is C15H29N3O2. The summed E-state index contributed by atoms with van der Waals surface area (Å²) in [6.45, 7) is 8.47. The monoisotopic (exact) mass is 283 g/mol. The Morgan fingerprint density at radius 2 is 2.25 bits per heavy atom. The molecule has 0 spiro atoms. The van der Waals surface area contributed by atoms with Crippen LogP contribution in [0.5, 0.6) is 0 Å². The predicted molar refractivity (Wildman–Crippen MR) is 79.4 cm³/mol. The molecular weight excluding hydrogens is 254 g/mol. The molecule has 0 aromatic rings. The molecule has 0 aromatic carbocycles. The van der Waals surface area contributed by atoms with E-state index in [1.165, 1.54) is 0 Å². The van der Waals surface area contributed by atoms with E-state index in [1.807, 2.05) is 0 Å². The van der Waals surface area contributed by atoms with E-state index in [1.54, 1.807) is 0 Å². The van der Waals surface area contributed by atoms with Gasteiger partial charge in [0.05, 0.1) is 6.10 Å². The number of primary amides is 1. The van der Waals surface area contributed by atoms with Crippen molar-refractivity contribution in [3.8, 4) is 0 Å². The first-order valence-corrected chi connectivity index (χ1v) is 7.97. The Kier molecular flexibility index (Phi) is 5.41. The predicted octanol–water partition coefficient (Wildman–Crippen LogP) is 0.731. The molecule has 1 heterocycles. The summed E-state index contributed by atoms with van der Waals surface area (Å²) in [6, 6.07) is 0. The maximum Gasteiger partial charge on any atom is 0.239 e. The number of nitrogens with one attached hydrogen (secondary N) is 1. The molecule has 0 aromatic heterocycles. The van der Waals surface area contributed by atoms with E-state index in [4.69, 9.17) is 10.5 Å². The van der Waals surface area contributed by atoms with Gasteiger partial charge in [-0.2, -0.15) is 0 Å². The highest BCUT2D eigenvalue weighted by atomic mass is 16.5. The van der Waals surface area contributed by atoms with Crippen LogP contribution < -0.4 is 11.1 Å². The second kappa shape index (κ2) is 6.87. The molecule has 2 atom stereocenters. The molecule has 20 heavy (non-hydrogen) atoms. The lowest BCUT2D eigenvalue weighted by Gasteiger charge is -2.37. The van der Waals surface area contributed by atoms with Gasteiger partial charge in [-0.3, -0.25) is 9.69 Å². The summed E-state index contributed by atoms with van der Waals surface area (Å²) in [6.07, 6.45) is 4.49. The summed E-state index contributed by atoms with van der Waals surface area (Å²) in [5, 5.41) is 3.47. The Balaban J connectivity index is 2.07. The van der Waals surface area contributed by atoms with Gasteiger partial charge in [0.15, 0.2) is 0 Å². The van der Waals surface area contributed by atoms with Gasteiger partial charge in [-0.1, -0.05) is 6.92 Å². The Morgan fingerprint density at radius 1 is 1.50 bits per heavy atom. The van der Waals surface area contributed by atoms with Gasteiger partial charge in [-0.25, -0.2) is 0 Å². The average Bonchev–Trinajstić information content (AvgIpc) is 3.22. The molecule has 1 aliphatic heterocycles. The topological polar surface area (TPSA) is 67.6 Å². The second-order valence-corrected chi connectivity index (χ2v) is 6.31. The van der Waals surface area contributed by atoms with Crippen LogP contribution in [0.4, 0.5) is 0 Å². The smallest absolute Gasteiger partial charge is 0.239 e. The standard InChI is InChI=1S/C15H29N3O2/c1-3-7-17-15(14(16)19,13-5-6-13)11-18-8-4-9-20-12(2)10-18/h12-13,17H,3-11H2,1-2H3,(H2,16,19). The van der Waals surface area contributed by atoms with Gasteiger partial charge >= 0.3 is 0 Å². The normalized spacial score (nSPS) is 27.8. The molecule has 0 radical (unpaired) electrons. The number of ether oxygens (including phenoxy) is 1. The van der Waals surface area contributed by atoms with Crippen LogP contribution >= 0.6 is 0 Å². The molecule has 1 saturated heterocycles. The zero-order valence-corrected chi connectivity index (χ0v) is 12.9. The highest BCUT2D eigenvalue weighted by molar-refractivity contribution is 5.86. The summed E-state index contributed by atoms with van der Waals surface area (Å²) in [4.78, 5) is 14.5. The molecule has 0 bridgehead atoms. The number of amides is 1. The summed E-state index contributed by atoms with van der Waals surface area (Å²) >= 11 is 0. The maximum absolute atomic E-state index is 12.2. The van der Waals surface area contributed by atoms with E-state index < -0.39 is 5.54 Å². The van der Waals surface area contributed by atoms with E-state index in [9.17, 15) is 4.79 Å². The van der Waals surface area contributed by atoms with Gasteiger partial charge in [0.1, 0.15) is 5.54 Å². The Labute approximate surface area is 122 Å². The minimum absolute atomic E-state index is 0.189. The molecule has 1 saturated carbocycles. The highest BCUT2D eigenvalue weighted by Crippen LogP contribution is 2.40. The Bertz CT molecular complexity index is 333. The number of hydrogen-bond acceptors (Lipinski definition) is 4. The molecule has 2 fully saturated rings. The fraction of sp³-hybridized carbons (Fsp3) is 0.933. The molecule has 3 N–H and O–H groups in total. The number of rotatable bonds is 7. The zero-order valence-electron chi connectivity index (χ0n) is 12.9. The highest BCUT2D eigenvalue weighted by Gasteiger charge is 2.50. The quantitative estimate of drug-likeness (QED) is 0.723. The number of carbonyl (C=O) groups excluding carboxylic acids is 1.